The van der Waals surface area contributed by atoms with Gasteiger partial charge in [0.25, 0.3) is 5.91 Å². The van der Waals surface area contributed by atoms with Gasteiger partial charge < -0.3 is 5.32 Å². The molecular weight excluding hydrogens is 374 g/mol. The lowest BCUT2D eigenvalue weighted by molar-refractivity contribution is -0.112. The molecule has 1 N–H and O–H groups in total. The topological polar surface area (TPSA) is 83.6 Å². The summed E-state index contributed by atoms with van der Waals surface area (Å²) in [5, 5.41) is 17.8. The van der Waals surface area contributed by atoms with Crippen LogP contribution in [0.1, 0.15) is 16.8 Å². The second-order valence-corrected chi connectivity index (χ2v) is 6.93. The maximum Gasteiger partial charge on any atom is 0.267 e. The van der Waals surface area contributed by atoms with Crippen LogP contribution in [0, 0.1) is 25.2 Å². The van der Waals surface area contributed by atoms with E-state index in [1.54, 1.807) is 16.8 Å². The number of hydrogen-bond acceptors (Lipinski definition) is 4. The van der Waals surface area contributed by atoms with Gasteiger partial charge in [-0.2, -0.15) is 15.0 Å². The van der Waals surface area contributed by atoms with Crippen LogP contribution in [0.5, 0.6) is 0 Å². The van der Waals surface area contributed by atoms with Gasteiger partial charge in [-0.25, -0.2) is 4.98 Å². The van der Waals surface area contributed by atoms with Crippen molar-refractivity contribution < 1.29 is 4.79 Å². The van der Waals surface area contributed by atoms with Crippen LogP contribution < -0.4 is 5.32 Å². The largest absolute Gasteiger partial charge is 0.306 e. The number of aryl methyl sites for hydroxylation is 2. The molecule has 0 radical (unpaired) electrons. The highest BCUT2D eigenvalue weighted by Crippen LogP contribution is 2.22. The number of carbonyl (C=O) groups excluding carboxylic acids is 1. The number of para-hydroxylation sites is 1. The third-order valence-electron chi connectivity index (χ3n) is 4.68. The molecule has 0 aliphatic carbocycles. The van der Waals surface area contributed by atoms with E-state index in [9.17, 15) is 10.1 Å². The van der Waals surface area contributed by atoms with Crippen molar-refractivity contribution >= 4 is 28.7 Å². The number of benzene rings is 2. The minimum absolute atomic E-state index is 0.00857. The number of hydrogen-bond donors (Lipinski definition) is 1. The Kier molecular flexibility index (Phi) is 5.10. The summed E-state index contributed by atoms with van der Waals surface area (Å²) in [5.74, 6) is 0.550. The van der Waals surface area contributed by atoms with E-state index in [2.05, 4.69) is 15.4 Å². The van der Waals surface area contributed by atoms with Gasteiger partial charge in [-0.1, -0.05) is 48.5 Å². The van der Waals surface area contributed by atoms with E-state index < -0.39 is 5.91 Å². The number of fused-ring (bicyclic) bond motifs is 1. The molecule has 6 nitrogen and oxygen atoms in total. The predicted molar refractivity (Wildman–Crippen MR) is 117 cm³/mol. The monoisotopic (exact) mass is 393 g/mol. The van der Waals surface area contributed by atoms with Crippen LogP contribution in [0.15, 0.2) is 72.3 Å². The minimum atomic E-state index is -0.500. The Morgan fingerprint density at radius 2 is 1.80 bits per heavy atom. The molecule has 2 heterocycles. The van der Waals surface area contributed by atoms with Crippen LogP contribution in [0.2, 0.25) is 0 Å². The van der Waals surface area contributed by atoms with Crippen LogP contribution in [-0.4, -0.2) is 20.7 Å². The summed E-state index contributed by atoms with van der Waals surface area (Å²) < 4.78 is 1.59. The van der Waals surface area contributed by atoms with Crippen molar-refractivity contribution in [1.29, 1.82) is 5.26 Å². The van der Waals surface area contributed by atoms with Gasteiger partial charge in [0.2, 0.25) is 0 Å². The molecule has 4 rings (SSSR count). The lowest BCUT2D eigenvalue weighted by Gasteiger charge is -2.10. The Balaban J connectivity index is 1.70. The fourth-order valence-corrected chi connectivity index (χ4v) is 3.25. The lowest BCUT2D eigenvalue weighted by atomic mass is 10.1. The highest BCUT2D eigenvalue weighted by Gasteiger charge is 2.16. The number of aromatic nitrogens is 3. The first kappa shape index (κ1) is 19.1. The molecular formula is C24H19N5O. The van der Waals surface area contributed by atoms with Crippen LogP contribution >= 0.6 is 0 Å². The van der Waals surface area contributed by atoms with E-state index in [0.717, 1.165) is 27.7 Å². The molecule has 2 aromatic heterocycles. The van der Waals surface area contributed by atoms with E-state index in [1.165, 1.54) is 0 Å². The molecule has 0 fully saturated rings. The van der Waals surface area contributed by atoms with Gasteiger partial charge in [0, 0.05) is 11.5 Å². The fourth-order valence-electron chi connectivity index (χ4n) is 3.25. The maximum absolute atomic E-state index is 12.8. The molecule has 0 aliphatic heterocycles. The third kappa shape index (κ3) is 3.82. The molecule has 0 unspecified atom stereocenters. The van der Waals surface area contributed by atoms with Gasteiger partial charge in [-0.05, 0) is 43.2 Å². The van der Waals surface area contributed by atoms with Gasteiger partial charge in [-0.3, -0.25) is 4.79 Å². The molecule has 0 atom stereocenters. The summed E-state index contributed by atoms with van der Waals surface area (Å²) in [6.45, 7) is 3.85. The third-order valence-corrected chi connectivity index (χ3v) is 4.68. The van der Waals surface area contributed by atoms with E-state index >= 15 is 0 Å². The molecule has 0 saturated carbocycles. The molecule has 0 spiro atoms. The van der Waals surface area contributed by atoms with Gasteiger partial charge in [0.1, 0.15) is 17.5 Å². The van der Waals surface area contributed by atoms with Crippen LogP contribution in [0.25, 0.3) is 22.8 Å². The number of anilines is 1. The van der Waals surface area contributed by atoms with Crippen molar-refractivity contribution in [2.45, 2.75) is 13.8 Å². The van der Waals surface area contributed by atoms with Gasteiger partial charge in [0.05, 0.1) is 11.2 Å². The maximum atomic E-state index is 12.8. The van der Waals surface area contributed by atoms with Crippen molar-refractivity contribution in [3.63, 3.8) is 0 Å². The summed E-state index contributed by atoms with van der Waals surface area (Å²) in [7, 11) is 0. The number of amides is 1. The van der Waals surface area contributed by atoms with Crippen molar-refractivity contribution in [2.24, 2.45) is 0 Å². The van der Waals surface area contributed by atoms with E-state index in [1.807, 2.05) is 80.6 Å². The Morgan fingerprint density at radius 3 is 2.57 bits per heavy atom. The van der Waals surface area contributed by atoms with E-state index in [-0.39, 0.29) is 5.57 Å². The molecule has 146 valence electrons. The molecule has 0 saturated heterocycles. The average Bonchev–Trinajstić information content (AvgIpc) is 3.12. The van der Waals surface area contributed by atoms with Crippen LogP contribution in [0.4, 0.5) is 5.82 Å². The Hall–Kier alpha value is -4.24. The first-order chi connectivity index (χ1) is 14.5. The molecule has 4 aromatic rings. The number of nitriles is 1. The average molecular weight is 393 g/mol. The SMILES string of the molecule is Cc1cc(NC(=O)/C(C#N)=C/c2ccccc2)n(-c2cc(C)c3ccccc3n2)n1. The first-order valence-electron chi connectivity index (χ1n) is 9.47. The zero-order valence-electron chi connectivity index (χ0n) is 16.6. The molecule has 1 amide bonds. The number of carbonyl (C=O) groups is 1. The lowest BCUT2D eigenvalue weighted by Crippen LogP contribution is -2.17. The van der Waals surface area contributed by atoms with E-state index in [4.69, 9.17) is 0 Å². The van der Waals surface area contributed by atoms with Crippen molar-refractivity contribution in [3.8, 4) is 11.9 Å². The zero-order chi connectivity index (χ0) is 21.1. The highest BCUT2D eigenvalue weighted by molar-refractivity contribution is 6.09. The van der Waals surface area contributed by atoms with Crippen LogP contribution in [0.3, 0.4) is 0 Å². The van der Waals surface area contributed by atoms with Crippen LogP contribution in [-0.2, 0) is 4.79 Å². The van der Waals surface area contributed by atoms with Gasteiger partial charge in [-0.15, -0.1) is 0 Å². The summed E-state index contributed by atoms with van der Waals surface area (Å²) in [4.78, 5) is 17.4. The number of nitrogens with one attached hydrogen (secondary N) is 1. The zero-order valence-corrected chi connectivity index (χ0v) is 16.6. The second kappa shape index (κ2) is 8.02. The molecule has 6 heteroatoms. The van der Waals surface area contributed by atoms with E-state index in [0.29, 0.717) is 11.6 Å². The number of nitrogens with zero attached hydrogens (tertiary/aromatic N) is 4. The Labute approximate surface area is 174 Å². The first-order valence-corrected chi connectivity index (χ1v) is 9.47. The summed E-state index contributed by atoms with van der Waals surface area (Å²) >= 11 is 0. The smallest absolute Gasteiger partial charge is 0.267 e. The highest BCUT2D eigenvalue weighted by atomic mass is 16.1. The quantitative estimate of drug-likeness (QED) is 0.406. The number of pyridine rings is 1. The van der Waals surface area contributed by atoms with Crippen molar-refractivity contribution in [2.75, 3.05) is 5.32 Å². The van der Waals surface area contributed by atoms with Gasteiger partial charge >= 0.3 is 0 Å². The summed E-state index contributed by atoms with van der Waals surface area (Å²) in [6, 6.07) is 22.8. The molecule has 30 heavy (non-hydrogen) atoms. The number of rotatable bonds is 4. The normalized spacial score (nSPS) is 11.3. The molecule has 0 bridgehead atoms. The fraction of sp³-hybridized carbons (Fsp3) is 0.0833. The summed E-state index contributed by atoms with van der Waals surface area (Å²) in [5.41, 5.74) is 3.42. The standard InChI is InChI=1S/C24H19N5O/c1-16-12-22(26-21-11-7-6-10-20(16)21)29-23(13-17(2)28-29)27-24(30)19(15-25)14-18-8-4-3-5-9-18/h3-14H,1-2H3,(H,27,30)/b19-14+. The van der Waals surface area contributed by atoms with Crippen molar-refractivity contribution in [1.82, 2.24) is 14.8 Å². The van der Waals surface area contributed by atoms with Crippen molar-refractivity contribution in [3.05, 3.63) is 89.1 Å². The predicted octanol–water partition coefficient (Wildman–Crippen LogP) is 4.58. The second-order valence-electron chi connectivity index (χ2n) is 6.93. The molecule has 2 aromatic carbocycles. The minimum Gasteiger partial charge on any atom is -0.306 e. The summed E-state index contributed by atoms with van der Waals surface area (Å²) in [6.07, 6.45) is 1.56. The Bertz CT molecular complexity index is 1310. The molecule has 0 aliphatic rings. The van der Waals surface area contributed by atoms with Gasteiger partial charge in [0.15, 0.2) is 5.82 Å². The Morgan fingerprint density at radius 1 is 1.07 bits per heavy atom.